The van der Waals surface area contributed by atoms with Crippen molar-refractivity contribution in [2.24, 2.45) is 7.05 Å². The summed E-state index contributed by atoms with van der Waals surface area (Å²) in [4.78, 5) is 26.5. The van der Waals surface area contributed by atoms with E-state index in [9.17, 15) is 22.6 Å². The first-order valence-corrected chi connectivity index (χ1v) is 15.0. The van der Waals surface area contributed by atoms with Gasteiger partial charge in [0.2, 0.25) is 11.3 Å². The number of carbonyl (C=O) groups excluding carboxylic acids is 1. The van der Waals surface area contributed by atoms with E-state index in [1.54, 1.807) is 57.4 Å². The molecule has 3 aromatic rings. The van der Waals surface area contributed by atoms with Gasteiger partial charge in [-0.3, -0.25) is 14.1 Å². The Labute approximate surface area is 243 Å². The number of hydrogen-bond donors (Lipinski definition) is 3. The fourth-order valence-electron chi connectivity index (χ4n) is 3.93. The van der Waals surface area contributed by atoms with Crippen LogP contribution in [0.1, 0.15) is 73.8 Å². The Balaban J connectivity index is 2.31. The van der Waals surface area contributed by atoms with Gasteiger partial charge in [0.1, 0.15) is 0 Å². The summed E-state index contributed by atoms with van der Waals surface area (Å²) in [5, 5.41) is 0.692. The largest absolute Gasteiger partial charge is 0.318 e. The standard InChI is InChI=1S/C27H31Cl2N3O5S2/c1-15(30-38(35)27(3,4)5)19-13-25(33)32(6)14-23(19)21-11-20(16(2)31-39(36)37)24(29)12-22(21)26(34)17-7-9-18(28)10-8-17/h7-16,30-31H,1-6H3,(H,36,37)/t15-,16?,38?/m0/s1. The number of nitrogens with zero attached hydrogens (tertiary/aromatic N) is 1. The van der Waals surface area contributed by atoms with Crippen LogP contribution in [0, 0.1) is 0 Å². The van der Waals surface area contributed by atoms with Crippen molar-refractivity contribution in [3.63, 3.8) is 0 Å². The third kappa shape index (κ3) is 7.52. The van der Waals surface area contributed by atoms with Crippen LogP contribution in [0.3, 0.4) is 0 Å². The number of nitrogens with one attached hydrogen (secondary N) is 2. The summed E-state index contributed by atoms with van der Waals surface area (Å²) in [5.41, 5.74) is 2.34. The Morgan fingerprint density at radius 3 is 2.10 bits per heavy atom. The number of ketones is 1. The topological polar surface area (TPSA) is 118 Å². The lowest BCUT2D eigenvalue weighted by molar-refractivity contribution is 0.103. The molecule has 3 rings (SSSR count). The first kappa shape index (κ1) is 31.3. The molecule has 3 N–H and O–H groups in total. The third-order valence-electron chi connectivity index (χ3n) is 6.09. The molecule has 8 nitrogen and oxygen atoms in total. The normalized spacial score (nSPS) is 15.0. The summed E-state index contributed by atoms with van der Waals surface area (Å²) in [6, 6.07) is 9.88. The van der Waals surface area contributed by atoms with Crippen LogP contribution in [0.25, 0.3) is 11.1 Å². The lowest BCUT2D eigenvalue weighted by atomic mass is 9.88. The van der Waals surface area contributed by atoms with Crippen LogP contribution in [0.2, 0.25) is 10.0 Å². The van der Waals surface area contributed by atoms with Gasteiger partial charge in [-0.25, -0.2) is 17.9 Å². The van der Waals surface area contributed by atoms with Crippen LogP contribution >= 0.6 is 23.2 Å². The van der Waals surface area contributed by atoms with Gasteiger partial charge in [-0.15, -0.1) is 0 Å². The van der Waals surface area contributed by atoms with Crippen molar-refractivity contribution in [2.45, 2.75) is 51.4 Å². The maximum atomic E-state index is 13.8. The van der Waals surface area contributed by atoms with Crippen LogP contribution < -0.4 is 15.0 Å². The number of halogens is 2. The van der Waals surface area contributed by atoms with E-state index >= 15 is 0 Å². The predicted molar refractivity (Wildman–Crippen MR) is 159 cm³/mol. The molecule has 1 aromatic heterocycles. The Hall–Kier alpha value is -2.18. The number of aromatic nitrogens is 1. The van der Waals surface area contributed by atoms with Crippen molar-refractivity contribution >= 4 is 51.2 Å². The maximum Gasteiger partial charge on any atom is 0.250 e. The zero-order valence-corrected chi connectivity index (χ0v) is 25.5. The summed E-state index contributed by atoms with van der Waals surface area (Å²) in [7, 11) is 0.151. The van der Waals surface area contributed by atoms with Crippen molar-refractivity contribution < 1.29 is 17.8 Å². The first-order chi connectivity index (χ1) is 18.1. The Kier molecular flexibility index (Phi) is 10.1. The molecule has 1 heterocycles. The summed E-state index contributed by atoms with van der Waals surface area (Å²) in [6.07, 6.45) is 1.61. The Bertz CT molecular complexity index is 1500. The molecule has 4 atom stereocenters. The molecule has 0 saturated heterocycles. The van der Waals surface area contributed by atoms with E-state index in [2.05, 4.69) is 9.44 Å². The van der Waals surface area contributed by atoms with Crippen LogP contribution in [-0.4, -0.2) is 28.1 Å². The van der Waals surface area contributed by atoms with Gasteiger partial charge in [0, 0.05) is 58.1 Å². The maximum absolute atomic E-state index is 13.8. The zero-order chi connectivity index (χ0) is 29.2. The average Bonchev–Trinajstić information content (AvgIpc) is 2.84. The van der Waals surface area contributed by atoms with Crippen molar-refractivity contribution in [3.8, 4) is 11.1 Å². The number of hydrogen-bond acceptors (Lipinski definition) is 4. The highest BCUT2D eigenvalue weighted by molar-refractivity contribution is 7.84. The molecule has 3 unspecified atom stereocenters. The minimum Gasteiger partial charge on any atom is -0.318 e. The second-order valence-corrected chi connectivity index (χ2v) is 13.7. The second kappa shape index (κ2) is 12.6. The second-order valence-electron chi connectivity index (χ2n) is 10.2. The molecule has 0 radical (unpaired) electrons. The van der Waals surface area contributed by atoms with Gasteiger partial charge < -0.3 is 4.57 Å². The summed E-state index contributed by atoms with van der Waals surface area (Å²) in [5.74, 6) is -0.333. The molecule has 0 spiro atoms. The van der Waals surface area contributed by atoms with E-state index in [1.807, 2.05) is 20.8 Å². The van der Waals surface area contributed by atoms with Crippen LogP contribution in [-0.2, 0) is 29.3 Å². The van der Waals surface area contributed by atoms with Crippen LogP contribution in [0.4, 0.5) is 0 Å². The number of aryl methyl sites for hydroxylation is 1. The average molecular weight is 613 g/mol. The molecule has 0 bridgehead atoms. The number of carbonyl (C=O) groups is 1. The van der Waals surface area contributed by atoms with Gasteiger partial charge in [-0.05, 0) is 87.7 Å². The SMILES string of the molecule is CC(NS(=O)O)c1cc(-c2cn(C)c(=O)cc2[C@H](C)NS(=O)C(C)(C)C)c(C(=O)c2ccc(Cl)cc2)cc1Cl. The molecule has 0 saturated carbocycles. The van der Waals surface area contributed by atoms with Crippen LogP contribution in [0.5, 0.6) is 0 Å². The predicted octanol–water partition coefficient (Wildman–Crippen LogP) is 5.49. The molecular formula is C27H31Cl2N3O5S2. The molecule has 0 amide bonds. The Morgan fingerprint density at radius 1 is 0.949 bits per heavy atom. The van der Waals surface area contributed by atoms with E-state index < -0.39 is 39.1 Å². The molecular weight excluding hydrogens is 581 g/mol. The van der Waals surface area contributed by atoms with Crippen molar-refractivity contribution in [1.29, 1.82) is 0 Å². The van der Waals surface area contributed by atoms with E-state index in [0.29, 0.717) is 32.8 Å². The van der Waals surface area contributed by atoms with Gasteiger partial charge >= 0.3 is 0 Å². The minimum atomic E-state index is -2.31. The third-order valence-corrected chi connectivity index (χ3v) is 8.90. The van der Waals surface area contributed by atoms with E-state index in [1.165, 1.54) is 16.7 Å². The zero-order valence-electron chi connectivity index (χ0n) is 22.4. The first-order valence-electron chi connectivity index (χ1n) is 12.0. The van der Waals surface area contributed by atoms with Gasteiger partial charge in [-0.1, -0.05) is 23.2 Å². The summed E-state index contributed by atoms with van der Waals surface area (Å²) in [6.45, 7) is 8.96. The molecule has 210 valence electrons. The van der Waals surface area contributed by atoms with Gasteiger partial charge in [-0.2, -0.15) is 0 Å². The van der Waals surface area contributed by atoms with Gasteiger partial charge in [0.25, 0.3) is 5.56 Å². The minimum absolute atomic E-state index is 0.216. The molecule has 0 aliphatic carbocycles. The fraction of sp³-hybridized carbons (Fsp3) is 0.333. The summed E-state index contributed by atoms with van der Waals surface area (Å²) >= 11 is 10.3. The molecule has 0 aliphatic rings. The fourth-order valence-corrected chi connectivity index (χ4v) is 5.62. The molecule has 0 aliphatic heterocycles. The van der Waals surface area contributed by atoms with Crippen LogP contribution in [0.15, 0.2) is 53.5 Å². The highest BCUT2D eigenvalue weighted by Crippen LogP contribution is 2.37. The van der Waals surface area contributed by atoms with Crippen molar-refractivity contribution in [3.05, 3.63) is 91.3 Å². The van der Waals surface area contributed by atoms with E-state index in [4.69, 9.17) is 23.2 Å². The smallest absolute Gasteiger partial charge is 0.250 e. The summed E-state index contributed by atoms with van der Waals surface area (Å²) < 4.78 is 40.2. The van der Waals surface area contributed by atoms with Crippen molar-refractivity contribution in [2.75, 3.05) is 0 Å². The van der Waals surface area contributed by atoms with E-state index in [-0.39, 0.29) is 21.9 Å². The molecule has 39 heavy (non-hydrogen) atoms. The molecule has 2 aromatic carbocycles. The monoisotopic (exact) mass is 611 g/mol. The highest BCUT2D eigenvalue weighted by Gasteiger charge is 2.26. The highest BCUT2D eigenvalue weighted by atomic mass is 35.5. The Morgan fingerprint density at radius 2 is 1.54 bits per heavy atom. The van der Waals surface area contributed by atoms with Crippen molar-refractivity contribution in [1.82, 2.24) is 14.0 Å². The lowest BCUT2D eigenvalue weighted by Gasteiger charge is -2.25. The number of rotatable bonds is 9. The number of benzene rings is 2. The quantitative estimate of drug-likeness (QED) is 0.218. The van der Waals surface area contributed by atoms with Gasteiger partial charge in [0.05, 0.1) is 15.7 Å². The lowest BCUT2D eigenvalue weighted by Crippen LogP contribution is -2.35. The van der Waals surface area contributed by atoms with E-state index in [0.717, 1.165) is 0 Å². The molecule has 0 fully saturated rings. The number of pyridine rings is 1. The molecule has 12 heteroatoms. The van der Waals surface area contributed by atoms with Gasteiger partial charge in [0.15, 0.2) is 5.78 Å².